The lowest BCUT2D eigenvalue weighted by molar-refractivity contribution is 0.222. The number of nitrogens with zero attached hydrogens (tertiary/aromatic N) is 2. The van der Waals surface area contributed by atoms with E-state index in [0.717, 1.165) is 45.2 Å². The molecule has 2 aliphatic rings. The summed E-state index contributed by atoms with van der Waals surface area (Å²) in [7, 11) is -3.56. The second kappa shape index (κ2) is 6.88. The Kier molecular flexibility index (Phi) is 4.87. The van der Waals surface area contributed by atoms with Gasteiger partial charge in [0.25, 0.3) is 0 Å². The SMILES string of the molecule is O=C(Nc1ccccc1S(=O)(=O)N1CCCCC1)N1CCCC1. The van der Waals surface area contributed by atoms with Gasteiger partial charge < -0.3 is 10.2 Å². The molecular formula is C16H23N3O3S. The second-order valence-corrected chi connectivity index (χ2v) is 7.99. The van der Waals surface area contributed by atoms with Crippen molar-refractivity contribution >= 4 is 21.7 Å². The van der Waals surface area contributed by atoms with Crippen molar-refractivity contribution < 1.29 is 13.2 Å². The van der Waals surface area contributed by atoms with Gasteiger partial charge in [0.2, 0.25) is 10.0 Å². The zero-order valence-electron chi connectivity index (χ0n) is 13.2. The molecule has 2 amide bonds. The molecule has 1 aromatic rings. The van der Waals surface area contributed by atoms with Crippen LogP contribution in [0.15, 0.2) is 29.2 Å². The van der Waals surface area contributed by atoms with Crippen LogP contribution in [-0.2, 0) is 10.0 Å². The maximum atomic E-state index is 12.9. The van der Waals surface area contributed by atoms with Crippen molar-refractivity contribution in [1.29, 1.82) is 0 Å². The van der Waals surface area contributed by atoms with Crippen molar-refractivity contribution in [3.63, 3.8) is 0 Å². The topological polar surface area (TPSA) is 69.7 Å². The quantitative estimate of drug-likeness (QED) is 0.921. The summed E-state index contributed by atoms with van der Waals surface area (Å²) in [4.78, 5) is 14.2. The number of rotatable bonds is 3. The predicted molar refractivity (Wildman–Crippen MR) is 88.9 cm³/mol. The summed E-state index contributed by atoms with van der Waals surface area (Å²) in [6, 6.07) is 6.45. The maximum absolute atomic E-state index is 12.9. The lowest BCUT2D eigenvalue weighted by Gasteiger charge is -2.27. The standard InChI is InChI=1S/C16H23N3O3S/c20-16(18-10-6-7-11-18)17-14-8-2-3-9-15(14)23(21,22)19-12-4-1-5-13-19/h2-3,8-9H,1,4-7,10-13H2,(H,17,20). The van der Waals surface area contributed by atoms with Crippen LogP contribution in [0.5, 0.6) is 0 Å². The van der Waals surface area contributed by atoms with Gasteiger partial charge in [0.15, 0.2) is 0 Å². The van der Waals surface area contributed by atoms with E-state index in [4.69, 9.17) is 0 Å². The molecule has 0 unspecified atom stereocenters. The van der Waals surface area contributed by atoms with Gasteiger partial charge in [-0.2, -0.15) is 4.31 Å². The number of sulfonamides is 1. The first-order valence-electron chi connectivity index (χ1n) is 8.24. The van der Waals surface area contributed by atoms with Crippen molar-refractivity contribution in [2.75, 3.05) is 31.5 Å². The number of carbonyl (C=O) groups excluding carboxylic acids is 1. The summed E-state index contributed by atoms with van der Waals surface area (Å²) in [6.07, 6.45) is 4.85. The Bertz CT molecular complexity index is 663. The molecule has 2 heterocycles. The van der Waals surface area contributed by atoms with E-state index in [1.165, 1.54) is 4.31 Å². The summed E-state index contributed by atoms with van der Waals surface area (Å²) in [5.41, 5.74) is 0.370. The summed E-state index contributed by atoms with van der Waals surface area (Å²) < 4.78 is 27.3. The first-order valence-corrected chi connectivity index (χ1v) is 9.68. The summed E-state index contributed by atoms with van der Waals surface area (Å²) in [5.74, 6) is 0. The van der Waals surface area contributed by atoms with E-state index >= 15 is 0 Å². The highest BCUT2D eigenvalue weighted by Gasteiger charge is 2.29. The molecule has 0 atom stereocenters. The molecule has 2 aliphatic heterocycles. The van der Waals surface area contributed by atoms with Crippen LogP contribution >= 0.6 is 0 Å². The number of benzene rings is 1. The third-order valence-corrected chi connectivity index (χ3v) is 6.41. The fourth-order valence-corrected chi connectivity index (χ4v) is 4.82. The Labute approximate surface area is 137 Å². The summed E-state index contributed by atoms with van der Waals surface area (Å²) >= 11 is 0. The fourth-order valence-electron chi connectivity index (χ4n) is 3.15. The van der Waals surface area contributed by atoms with Gasteiger partial charge in [0.05, 0.1) is 5.69 Å². The van der Waals surface area contributed by atoms with Crippen LogP contribution in [-0.4, -0.2) is 49.8 Å². The molecule has 0 saturated carbocycles. The molecule has 0 radical (unpaired) electrons. The Morgan fingerprint density at radius 3 is 2.22 bits per heavy atom. The van der Waals surface area contributed by atoms with E-state index in [9.17, 15) is 13.2 Å². The first-order chi connectivity index (χ1) is 11.1. The minimum Gasteiger partial charge on any atom is -0.325 e. The number of anilines is 1. The number of piperidine rings is 1. The zero-order chi connectivity index (χ0) is 16.3. The van der Waals surface area contributed by atoms with Gasteiger partial charge in [-0.25, -0.2) is 13.2 Å². The Hall–Kier alpha value is -1.60. The highest BCUT2D eigenvalue weighted by atomic mass is 32.2. The number of para-hydroxylation sites is 1. The van der Waals surface area contributed by atoms with Gasteiger partial charge in [-0.15, -0.1) is 0 Å². The van der Waals surface area contributed by atoms with Gasteiger partial charge in [-0.1, -0.05) is 18.6 Å². The Balaban J connectivity index is 1.83. The third-order valence-electron chi connectivity index (χ3n) is 4.45. The predicted octanol–water partition coefficient (Wildman–Crippen LogP) is 2.49. The molecule has 0 aliphatic carbocycles. The number of carbonyl (C=O) groups is 1. The second-order valence-electron chi connectivity index (χ2n) is 6.09. The number of likely N-dealkylation sites (tertiary alicyclic amines) is 1. The van der Waals surface area contributed by atoms with Crippen molar-refractivity contribution in [2.24, 2.45) is 0 Å². The number of hydrogen-bond donors (Lipinski definition) is 1. The normalized spacial score (nSPS) is 19.7. The minimum atomic E-state index is -3.56. The molecule has 0 aromatic heterocycles. The molecule has 23 heavy (non-hydrogen) atoms. The number of amides is 2. The van der Waals surface area contributed by atoms with Crippen molar-refractivity contribution in [2.45, 2.75) is 37.0 Å². The average molecular weight is 337 g/mol. The molecule has 0 bridgehead atoms. The Morgan fingerprint density at radius 2 is 1.52 bits per heavy atom. The van der Waals surface area contributed by atoms with Gasteiger partial charge in [-0.3, -0.25) is 0 Å². The third kappa shape index (κ3) is 3.50. The van der Waals surface area contributed by atoms with Gasteiger partial charge in [0.1, 0.15) is 4.90 Å². The molecule has 0 spiro atoms. The number of urea groups is 1. The van der Waals surface area contributed by atoms with E-state index in [1.54, 1.807) is 29.2 Å². The summed E-state index contributed by atoms with van der Waals surface area (Å²) in [6.45, 7) is 2.56. The van der Waals surface area contributed by atoms with E-state index in [-0.39, 0.29) is 10.9 Å². The number of nitrogens with one attached hydrogen (secondary N) is 1. The van der Waals surface area contributed by atoms with E-state index in [1.807, 2.05) is 0 Å². The van der Waals surface area contributed by atoms with E-state index in [0.29, 0.717) is 18.8 Å². The molecule has 7 heteroatoms. The van der Waals surface area contributed by atoms with E-state index in [2.05, 4.69) is 5.32 Å². The lowest BCUT2D eigenvalue weighted by atomic mass is 10.2. The smallest absolute Gasteiger partial charge is 0.321 e. The molecular weight excluding hydrogens is 314 g/mol. The molecule has 2 saturated heterocycles. The largest absolute Gasteiger partial charge is 0.325 e. The zero-order valence-corrected chi connectivity index (χ0v) is 14.0. The van der Waals surface area contributed by atoms with Gasteiger partial charge in [0, 0.05) is 26.2 Å². The maximum Gasteiger partial charge on any atom is 0.321 e. The van der Waals surface area contributed by atoms with Crippen LogP contribution in [0, 0.1) is 0 Å². The lowest BCUT2D eigenvalue weighted by Crippen LogP contribution is -2.37. The highest BCUT2D eigenvalue weighted by Crippen LogP contribution is 2.27. The number of hydrogen-bond acceptors (Lipinski definition) is 3. The molecule has 6 nitrogen and oxygen atoms in total. The van der Waals surface area contributed by atoms with Crippen LogP contribution in [0.3, 0.4) is 0 Å². The fraction of sp³-hybridized carbons (Fsp3) is 0.562. The highest BCUT2D eigenvalue weighted by molar-refractivity contribution is 7.89. The molecule has 1 aromatic carbocycles. The van der Waals surface area contributed by atoms with Crippen molar-refractivity contribution in [3.05, 3.63) is 24.3 Å². The monoisotopic (exact) mass is 337 g/mol. The average Bonchev–Trinajstić information content (AvgIpc) is 3.11. The van der Waals surface area contributed by atoms with Gasteiger partial charge in [-0.05, 0) is 37.8 Å². The molecule has 126 valence electrons. The van der Waals surface area contributed by atoms with Crippen molar-refractivity contribution in [1.82, 2.24) is 9.21 Å². The van der Waals surface area contributed by atoms with Crippen LogP contribution < -0.4 is 5.32 Å². The van der Waals surface area contributed by atoms with Crippen LogP contribution in [0.25, 0.3) is 0 Å². The summed E-state index contributed by atoms with van der Waals surface area (Å²) in [5, 5.41) is 2.78. The van der Waals surface area contributed by atoms with Crippen molar-refractivity contribution in [3.8, 4) is 0 Å². The van der Waals surface area contributed by atoms with Crippen LogP contribution in [0.1, 0.15) is 32.1 Å². The molecule has 3 rings (SSSR count). The minimum absolute atomic E-state index is 0.189. The molecule has 1 N–H and O–H groups in total. The molecule has 2 fully saturated rings. The van der Waals surface area contributed by atoms with E-state index < -0.39 is 10.0 Å². The van der Waals surface area contributed by atoms with Gasteiger partial charge >= 0.3 is 6.03 Å². The Morgan fingerprint density at radius 1 is 0.913 bits per heavy atom. The first kappa shape index (κ1) is 16.3. The van der Waals surface area contributed by atoms with Crippen LogP contribution in [0.2, 0.25) is 0 Å². The van der Waals surface area contributed by atoms with Crippen LogP contribution in [0.4, 0.5) is 10.5 Å².